The topological polar surface area (TPSA) is 56.3 Å². The first-order chi connectivity index (χ1) is 10.7. The molecule has 3 rings (SSSR count). The number of aryl methyl sites for hydroxylation is 1. The van der Waals surface area contributed by atoms with Crippen molar-refractivity contribution in [1.29, 1.82) is 0 Å². The van der Waals surface area contributed by atoms with Gasteiger partial charge in [-0.15, -0.1) is 0 Å². The van der Waals surface area contributed by atoms with Crippen LogP contribution in [0.3, 0.4) is 0 Å². The Kier molecular flexibility index (Phi) is 3.78. The van der Waals surface area contributed by atoms with Crippen LogP contribution in [-0.4, -0.2) is 24.2 Å². The summed E-state index contributed by atoms with van der Waals surface area (Å²) in [6, 6.07) is 13.5. The van der Waals surface area contributed by atoms with Crippen LogP contribution in [0.25, 0.3) is 11.0 Å². The molecular weight excluding hydrogens is 278 g/mol. The summed E-state index contributed by atoms with van der Waals surface area (Å²) < 4.78 is 10.5. The highest BCUT2D eigenvalue weighted by atomic mass is 16.5. The van der Waals surface area contributed by atoms with Crippen LogP contribution in [-0.2, 0) is 0 Å². The van der Waals surface area contributed by atoms with Crippen molar-refractivity contribution < 1.29 is 9.47 Å². The maximum absolute atomic E-state index is 5.27. The minimum absolute atomic E-state index is 0.719. The van der Waals surface area contributed by atoms with Crippen LogP contribution < -0.4 is 14.8 Å². The van der Waals surface area contributed by atoms with Crippen molar-refractivity contribution in [3.63, 3.8) is 0 Å². The Labute approximate surface area is 128 Å². The summed E-state index contributed by atoms with van der Waals surface area (Å²) >= 11 is 0. The summed E-state index contributed by atoms with van der Waals surface area (Å²) in [6.07, 6.45) is 0. The van der Waals surface area contributed by atoms with Gasteiger partial charge in [0.15, 0.2) is 5.65 Å². The van der Waals surface area contributed by atoms with Gasteiger partial charge in [-0.25, -0.2) is 9.97 Å². The van der Waals surface area contributed by atoms with Crippen LogP contribution in [0.2, 0.25) is 0 Å². The van der Waals surface area contributed by atoms with Gasteiger partial charge in [0.1, 0.15) is 17.3 Å². The van der Waals surface area contributed by atoms with Crippen molar-refractivity contribution in [1.82, 2.24) is 9.97 Å². The summed E-state index contributed by atoms with van der Waals surface area (Å²) in [5.41, 5.74) is 2.51. The predicted molar refractivity (Wildman–Crippen MR) is 87.1 cm³/mol. The molecule has 5 nitrogen and oxygen atoms in total. The maximum atomic E-state index is 5.27. The molecule has 3 aromatic rings. The summed E-state index contributed by atoms with van der Waals surface area (Å²) in [4.78, 5) is 8.98. The van der Waals surface area contributed by atoms with E-state index in [2.05, 4.69) is 15.3 Å². The van der Waals surface area contributed by atoms with Crippen molar-refractivity contribution in [3.05, 3.63) is 48.2 Å². The minimum atomic E-state index is 0.719. The number of rotatable bonds is 4. The molecular formula is C17H17N3O2. The van der Waals surface area contributed by atoms with Gasteiger partial charge in [0.05, 0.1) is 14.2 Å². The zero-order chi connectivity index (χ0) is 15.5. The third-order valence-corrected chi connectivity index (χ3v) is 3.32. The van der Waals surface area contributed by atoms with E-state index in [4.69, 9.17) is 9.47 Å². The van der Waals surface area contributed by atoms with Crippen molar-refractivity contribution in [2.45, 2.75) is 6.92 Å². The molecule has 0 unspecified atom stereocenters. The molecule has 0 amide bonds. The van der Waals surface area contributed by atoms with E-state index in [1.54, 1.807) is 14.2 Å². The predicted octanol–water partition coefficient (Wildman–Crippen LogP) is 3.70. The highest BCUT2D eigenvalue weighted by molar-refractivity contribution is 5.77. The van der Waals surface area contributed by atoms with Crippen LogP contribution in [0.15, 0.2) is 42.5 Å². The van der Waals surface area contributed by atoms with Crippen molar-refractivity contribution in [2.24, 2.45) is 0 Å². The number of hydrogen-bond donors (Lipinski definition) is 1. The average Bonchev–Trinajstić information content (AvgIpc) is 2.54. The zero-order valence-corrected chi connectivity index (χ0v) is 12.8. The molecule has 1 aromatic carbocycles. The first-order valence-electron chi connectivity index (χ1n) is 6.92. The van der Waals surface area contributed by atoms with Crippen LogP contribution >= 0.6 is 0 Å². The van der Waals surface area contributed by atoms with Gasteiger partial charge in [-0.3, -0.25) is 0 Å². The van der Waals surface area contributed by atoms with E-state index in [0.29, 0.717) is 0 Å². The zero-order valence-electron chi connectivity index (χ0n) is 12.8. The van der Waals surface area contributed by atoms with Crippen LogP contribution in [0.5, 0.6) is 11.5 Å². The van der Waals surface area contributed by atoms with Gasteiger partial charge in [0, 0.05) is 35.0 Å². The molecule has 0 saturated carbocycles. The van der Waals surface area contributed by atoms with E-state index >= 15 is 0 Å². The number of benzene rings is 1. The molecule has 0 aliphatic carbocycles. The third kappa shape index (κ3) is 2.93. The van der Waals surface area contributed by atoms with Gasteiger partial charge < -0.3 is 14.8 Å². The second kappa shape index (κ2) is 5.89. The fraction of sp³-hybridized carbons (Fsp3) is 0.176. The number of hydrogen-bond acceptors (Lipinski definition) is 5. The number of anilines is 2. The van der Waals surface area contributed by atoms with E-state index in [1.165, 1.54) is 0 Å². The van der Waals surface area contributed by atoms with Gasteiger partial charge in [-0.2, -0.15) is 0 Å². The molecule has 0 radical (unpaired) electrons. The van der Waals surface area contributed by atoms with Gasteiger partial charge in [-0.05, 0) is 31.2 Å². The lowest BCUT2D eigenvalue weighted by Gasteiger charge is -2.10. The van der Waals surface area contributed by atoms with Gasteiger partial charge in [-0.1, -0.05) is 0 Å². The van der Waals surface area contributed by atoms with E-state index in [9.17, 15) is 0 Å². The van der Waals surface area contributed by atoms with Crippen LogP contribution in [0, 0.1) is 6.92 Å². The molecule has 0 atom stereocenters. The highest BCUT2D eigenvalue weighted by Gasteiger charge is 2.04. The molecule has 2 heterocycles. The SMILES string of the molecule is COc1cc(Nc2ccc3ccc(C)nc3n2)cc(OC)c1. The number of pyridine rings is 2. The van der Waals surface area contributed by atoms with Gasteiger partial charge in [0.2, 0.25) is 0 Å². The average molecular weight is 295 g/mol. The number of fused-ring (bicyclic) bond motifs is 1. The molecule has 0 fully saturated rings. The molecule has 1 N–H and O–H groups in total. The van der Waals surface area contributed by atoms with E-state index < -0.39 is 0 Å². The number of ether oxygens (including phenoxy) is 2. The second-order valence-corrected chi connectivity index (χ2v) is 4.92. The molecule has 2 aromatic heterocycles. The molecule has 5 heteroatoms. The van der Waals surface area contributed by atoms with Crippen molar-refractivity contribution in [3.8, 4) is 11.5 Å². The van der Waals surface area contributed by atoms with E-state index in [1.807, 2.05) is 49.4 Å². The first-order valence-corrected chi connectivity index (χ1v) is 6.92. The third-order valence-electron chi connectivity index (χ3n) is 3.32. The summed E-state index contributed by atoms with van der Waals surface area (Å²) in [6.45, 7) is 1.95. The van der Waals surface area contributed by atoms with Gasteiger partial charge >= 0.3 is 0 Å². The highest BCUT2D eigenvalue weighted by Crippen LogP contribution is 2.28. The van der Waals surface area contributed by atoms with Crippen molar-refractivity contribution >= 4 is 22.5 Å². The standard InChI is InChI=1S/C17H17N3O2/c1-11-4-5-12-6-7-16(20-17(12)18-11)19-13-8-14(21-2)10-15(9-13)22-3/h4-10H,1-3H3,(H,18,19,20). The molecule has 0 spiro atoms. The molecule has 0 saturated heterocycles. The molecule has 0 aliphatic heterocycles. The Morgan fingerprint density at radius 2 is 1.55 bits per heavy atom. The second-order valence-electron chi connectivity index (χ2n) is 4.92. The number of nitrogens with zero attached hydrogens (tertiary/aromatic N) is 2. The normalized spacial score (nSPS) is 10.5. The molecule has 112 valence electrons. The Balaban J connectivity index is 1.95. The molecule has 0 bridgehead atoms. The van der Waals surface area contributed by atoms with Crippen molar-refractivity contribution in [2.75, 3.05) is 19.5 Å². The van der Waals surface area contributed by atoms with E-state index in [0.717, 1.165) is 39.7 Å². The fourth-order valence-electron chi connectivity index (χ4n) is 2.19. The lowest BCUT2D eigenvalue weighted by atomic mass is 10.2. The summed E-state index contributed by atoms with van der Waals surface area (Å²) in [7, 11) is 3.25. The Hall–Kier alpha value is -2.82. The van der Waals surface area contributed by atoms with Crippen LogP contribution in [0.1, 0.15) is 5.69 Å². The quantitative estimate of drug-likeness (QED) is 0.795. The molecule has 0 aliphatic rings. The smallest absolute Gasteiger partial charge is 0.161 e. The lowest BCUT2D eigenvalue weighted by molar-refractivity contribution is 0.395. The Morgan fingerprint density at radius 1 is 0.864 bits per heavy atom. The van der Waals surface area contributed by atoms with Crippen LogP contribution in [0.4, 0.5) is 11.5 Å². The maximum Gasteiger partial charge on any atom is 0.161 e. The number of methoxy groups -OCH3 is 2. The van der Waals surface area contributed by atoms with E-state index in [-0.39, 0.29) is 0 Å². The minimum Gasteiger partial charge on any atom is -0.497 e. The summed E-state index contributed by atoms with van der Waals surface area (Å²) in [5.74, 6) is 2.16. The number of aromatic nitrogens is 2. The first kappa shape index (κ1) is 14.1. The largest absolute Gasteiger partial charge is 0.497 e. The molecule has 22 heavy (non-hydrogen) atoms. The van der Waals surface area contributed by atoms with Gasteiger partial charge in [0.25, 0.3) is 0 Å². The monoisotopic (exact) mass is 295 g/mol. The Bertz CT molecular complexity index is 796. The Morgan fingerprint density at radius 3 is 2.23 bits per heavy atom. The number of nitrogens with one attached hydrogen (secondary N) is 1. The lowest BCUT2D eigenvalue weighted by Crippen LogP contribution is -1.97. The fourth-order valence-corrected chi connectivity index (χ4v) is 2.19. The summed E-state index contributed by atoms with van der Waals surface area (Å²) in [5, 5.41) is 4.27.